The highest BCUT2D eigenvalue weighted by molar-refractivity contribution is 9.10. The summed E-state index contributed by atoms with van der Waals surface area (Å²) in [6.07, 6.45) is 6.27. The molecular formula is C15H22BrNO. The molecule has 2 N–H and O–H groups in total. The summed E-state index contributed by atoms with van der Waals surface area (Å²) in [6.45, 7) is 2.89. The van der Waals surface area contributed by atoms with Gasteiger partial charge < -0.3 is 10.5 Å². The average molecular weight is 312 g/mol. The molecular weight excluding hydrogens is 290 g/mol. The second kappa shape index (κ2) is 5.62. The Labute approximate surface area is 118 Å². The molecule has 100 valence electrons. The number of aryl methyl sites for hydroxylation is 1. The van der Waals surface area contributed by atoms with Crippen molar-refractivity contribution < 1.29 is 4.74 Å². The first kappa shape index (κ1) is 13.9. The van der Waals surface area contributed by atoms with Crippen LogP contribution in [0.1, 0.15) is 43.2 Å². The van der Waals surface area contributed by atoms with E-state index in [1.165, 1.54) is 43.2 Å². The number of nitrogens with two attached hydrogens (primary N) is 1. The fraction of sp³-hybridized carbons (Fsp3) is 0.600. The maximum Gasteiger partial charge on any atom is 0.133 e. The van der Waals surface area contributed by atoms with Gasteiger partial charge in [-0.15, -0.1) is 0 Å². The standard InChI is InChI=1S/C15H22BrNO/c1-11-6-7-12(18-2)14(16)13(11)15(10-17)8-4-3-5-9-15/h6-7H,3-5,8-10,17H2,1-2H3. The lowest BCUT2D eigenvalue weighted by Gasteiger charge is -2.39. The van der Waals surface area contributed by atoms with Crippen LogP contribution < -0.4 is 10.5 Å². The molecule has 0 atom stereocenters. The second-order valence-corrected chi connectivity index (χ2v) is 6.11. The van der Waals surface area contributed by atoms with E-state index in [0.717, 1.165) is 16.8 Å². The zero-order valence-electron chi connectivity index (χ0n) is 11.3. The first-order valence-electron chi connectivity index (χ1n) is 6.68. The summed E-state index contributed by atoms with van der Waals surface area (Å²) in [4.78, 5) is 0. The number of methoxy groups -OCH3 is 1. The molecule has 0 amide bonds. The fourth-order valence-electron chi connectivity index (χ4n) is 3.25. The summed E-state index contributed by atoms with van der Waals surface area (Å²) >= 11 is 3.72. The summed E-state index contributed by atoms with van der Waals surface area (Å²) < 4.78 is 6.53. The Balaban J connectivity index is 2.53. The van der Waals surface area contributed by atoms with Crippen LogP contribution in [0.5, 0.6) is 5.75 Å². The quantitative estimate of drug-likeness (QED) is 0.918. The van der Waals surface area contributed by atoms with Gasteiger partial charge in [0, 0.05) is 12.0 Å². The monoisotopic (exact) mass is 311 g/mol. The Bertz CT molecular complexity index is 425. The van der Waals surface area contributed by atoms with E-state index >= 15 is 0 Å². The lowest BCUT2D eigenvalue weighted by molar-refractivity contribution is 0.296. The molecule has 1 aliphatic carbocycles. The van der Waals surface area contributed by atoms with Crippen LogP contribution in [0.15, 0.2) is 16.6 Å². The molecule has 2 rings (SSSR count). The normalized spacial score (nSPS) is 18.7. The first-order valence-corrected chi connectivity index (χ1v) is 7.47. The highest BCUT2D eigenvalue weighted by atomic mass is 79.9. The summed E-state index contributed by atoms with van der Waals surface area (Å²) in [5, 5.41) is 0. The molecule has 0 aliphatic heterocycles. The zero-order valence-corrected chi connectivity index (χ0v) is 12.8. The number of benzene rings is 1. The van der Waals surface area contributed by atoms with Gasteiger partial charge in [-0.25, -0.2) is 0 Å². The Morgan fingerprint density at radius 2 is 1.94 bits per heavy atom. The molecule has 1 saturated carbocycles. The van der Waals surface area contributed by atoms with Gasteiger partial charge in [-0.05, 0) is 52.9 Å². The number of hydrogen-bond donors (Lipinski definition) is 1. The van der Waals surface area contributed by atoms with E-state index in [4.69, 9.17) is 10.5 Å². The van der Waals surface area contributed by atoms with Gasteiger partial charge in [-0.2, -0.15) is 0 Å². The Kier molecular flexibility index (Phi) is 4.33. The van der Waals surface area contributed by atoms with E-state index in [-0.39, 0.29) is 5.41 Å². The van der Waals surface area contributed by atoms with E-state index in [9.17, 15) is 0 Å². The molecule has 0 aromatic heterocycles. The summed E-state index contributed by atoms with van der Waals surface area (Å²) in [6, 6.07) is 4.17. The third kappa shape index (κ3) is 2.30. The maximum absolute atomic E-state index is 6.14. The Morgan fingerprint density at radius 3 is 2.50 bits per heavy atom. The van der Waals surface area contributed by atoms with Crippen molar-refractivity contribution in [2.75, 3.05) is 13.7 Å². The van der Waals surface area contributed by atoms with Crippen molar-refractivity contribution in [1.82, 2.24) is 0 Å². The molecule has 1 aliphatic rings. The summed E-state index contributed by atoms with van der Waals surface area (Å²) in [5.74, 6) is 0.911. The lowest BCUT2D eigenvalue weighted by atomic mass is 9.68. The van der Waals surface area contributed by atoms with E-state index in [2.05, 4.69) is 28.9 Å². The molecule has 1 aromatic rings. The molecule has 0 saturated heterocycles. The van der Waals surface area contributed by atoms with Gasteiger partial charge >= 0.3 is 0 Å². The van der Waals surface area contributed by atoms with Gasteiger partial charge in [0.15, 0.2) is 0 Å². The number of rotatable bonds is 3. The molecule has 0 spiro atoms. The van der Waals surface area contributed by atoms with Gasteiger partial charge in [0.1, 0.15) is 5.75 Å². The minimum atomic E-state index is 0.135. The van der Waals surface area contributed by atoms with Gasteiger partial charge in [0.25, 0.3) is 0 Å². The van der Waals surface area contributed by atoms with Crippen molar-refractivity contribution in [2.45, 2.75) is 44.4 Å². The van der Waals surface area contributed by atoms with Gasteiger partial charge in [0.05, 0.1) is 11.6 Å². The van der Waals surface area contributed by atoms with Crippen molar-refractivity contribution in [1.29, 1.82) is 0 Å². The fourth-order valence-corrected chi connectivity index (χ4v) is 4.27. The summed E-state index contributed by atoms with van der Waals surface area (Å²) in [5.41, 5.74) is 8.95. The zero-order chi connectivity index (χ0) is 13.2. The van der Waals surface area contributed by atoms with E-state index in [1.54, 1.807) is 7.11 Å². The second-order valence-electron chi connectivity index (χ2n) is 5.32. The average Bonchev–Trinajstić information content (AvgIpc) is 2.40. The molecule has 0 unspecified atom stereocenters. The van der Waals surface area contributed by atoms with Crippen LogP contribution >= 0.6 is 15.9 Å². The third-order valence-corrected chi connectivity index (χ3v) is 5.05. The molecule has 2 nitrogen and oxygen atoms in total. The molecule has 0 bridgehead atoms. The van der Waals surface area contributed by atoms with E-state index < -0.39 is 0 Å². The van der Waals surface area contributed by atoms with Crippen molar-refractivity contribution in [2.24, 2.45) is 5.73 Å². The number of ether oxygens (including phenoxy) is 1. The summed E-state index contributed by atoms with van der Waals surface area (Å²) in [7, 11) is 1.72. The van der Waals surface area contributed by atoms with Crippen molar-refractivity contribution >= 4 is 15.9 Å². The van der Waals surface area contributed by atoms with Gasteiger partial charge in [0.2, 0.25) is 0 Å². The van der Waals surface area contributed by atoms with Crippen molar-refractivity contribution in [3.05, 3.63) is 27.7 Å². The third-order valence-electron chi connectivity index (χ3n) is 4.27. The Hall–Kier alpha value is -0.540. The maximum atomic E-state index is 6.14. The smallest absolute Gasteiger partial charge is 0.133 e. The predicted molar refractivity (Wildman–Crippen MR) is 79.2 cm³/mol. The first-order chi connectivity index (χ1) is 8.64. The van der Waals surface area contributed by atoms with Crippen LogP contribution in [-0.4, -0.2) is 13.7 Å². The van der Waals surface area contributed by atoms with Crippen molar-refractivity contribution in [3.63, 3.8) is 0 Å². The lowest BCUT2D eigenvalue weighted by Crippen LogP contribution is -2.38. The van der Waals surface area contributed by atoms with Crippen LogP contribution in [0, 0.1) is 6.92 Å². The van der Waals surface area contributed by atoms with E-state index in [1.807, 2.05) is 6.07 Å². The highest BCUT2D eigenvalue weighted by Crippen LogP contribution is 2.45. The van der Waals surface area contributed by atoms with Crippen LogP contribution in [0.4, 0.5) is 0 Å². The van der Waals surface area contributed by atoms with Gasteiger partial charge in [-0.1, -0.05) is 25.3 Å². The SMILES string of the molecule is COc1ccc(C)c(C2(CN)CCCCC2)c1Br. The van der Waals surface area contributed by atoms with Crippen LogP contribution in [0.25, 0.3) is 0 Å². The Morgan fingerprint density at radius 1 is 1.28 bits per heavy atom. The van der Waals surface area contributed by atoms with Crippen LogP contribution in [-0.2, 0) is 5.41 Å². The molecule has 18 heavy (non-hydrogen) atoms. The van der Waals surface area contributed by atoms with Gasteiger partial charge in [-0.3, -0.25) is 0 Å². The molecule has 0 heterocycles. The predicted octanol–water partition coefficient (Wildman–Crippen LogP) is 3.93. The minimum Gasteiger partial charge on any atom is -0.496 e. The minimum absolute atomic E-state index is 0.135. The molecule has 3 heteroatoms. The molecule has 0 radical (unpaired) electrons. The number of hydrogen-bond acceptors (Lipinski definition) is 2. The molecule has 1 fully saturated rings. The highest BCUT2D eigenvalue weighted by Gasteiger charge is 2.36. The number of halogens is 1. The van der Waals surface area contributed by atoms with E-state index in [0.29, 0.717) is 0 Å². The van der Waals surface area contributed by atoms with Crippen molar-refractivity contribution in [3.8, 4) is 5.75 Å². The van der Waals surface area contributed by atoms with Crippen LogP contribution in [0.3, 0.4) is 0 Å². The largest absolute Gasteiger partial charge is 0.496 e. The molecule has 1 aromatic carbocycles. The van der Waals surface area contributed by atoms with Crippen LogP contribution in [0.2, 0.25) is 0 Å². The topological polar surface area (TPSA) is 35.2 Å².